The number of aliphatic carboxylic acids is 1. The highest BCUT2D eigenvalue weighted by molar-refractivity contribution is 7.16. The molecule has 1 N–H and O–H groups in total. The summed E-state index contributed by atoms with van der Waals surface area (Å²) in [5, 5.41) is 12.2. The van der Waals surface area contributed by atoms with Crippen LogP contribution >= 0.6 is 11.3 Å². The smallest absolute Gasteiger partial charge is 0.308 e. The number of fused-ring (bicyclic) bond motifs is 1. The van der Waals surface area contributed by atoms with Gasteiger partial charge in [0.2, 0.25) is 0 Å². The number of carbonyl (C=O) groups is 1. The van der Waals surface area contributed by atoms with Crippen molar-refractivity contribution < 1.29 is 9.90 Å². The number of thiophene rings is 1. The van der Waals surface area contributed by atoms with Crippen LogP contribution in [0.3, 0.4) is 0 Å². The fourth-order valence-corrected chi connectivity index (χ4v) is 3.30. The summed E-state index contributed by atoms with van der Waals surface area (Å²) in [7, 11) is 0. The third-order valence-electron chi connectivity index (χ3n) is 3.58. The van der Waals surface area contributed by atoms with Crippen molar-refractivity contribution in [2.24, 2.45) is 5.92 Å². The van der Waals surface area contributed by atoms with Crippen molar-refractivity contribution in [3.63, 3.8) is 0 Å². The van der Waals surface area contributed by atoms with Crippen LogP contribution in [0, 0.1) is 5.92 Å². The lowest BCUT2D eigenvalue weighted by atomic mass is 10.0. The molecule has 3 heterocycles. The van der Waals surface area contributed by atoms with Crippen molar-refractivity contribution in [2.45, 2.75) is 19.4 Å². The van der Waals surface area contributed by atoms with Crippen molar-refractivity contribution >= 4 is 33.3 Å². The van der Waals surface area contributed by atoms with Crippen LogP contribution in [-0.2, 0) is 4.79 Å². The summed E-state index contributed by atoms with van der Waals surface area (Å²) in [5.74, 6) is -0.174. The maximum Gasteiger partial charge on any atom is 0.308 e. The molecule has 3 rings (SSSR count). The van der Waals surface area contributed by atoms with Crippen LogP contribution in [0.1, 0.15) is 13.3 Å². The van der Waals surface area contributed by atoms with E-state index in [-0.39, 0.29) is 12.0 Å². The van der Waals surface area contributed by atoms with Crippen LogP contribution in [0.5, 0.6) is 0 Å². The van der Waals surface area contributed by atoms with Gasteiger partial charge in [0, 0.05) is 12.6 Å². The van der Waals surface area contributed by atoms with Gasteiger partial charge in [0.15, 0.2) is 0 Å². The monoisotopic (exact) mass is 263 g/mol. The van der Waals surface area contributed by atoms with E-state index < -0.39 is 5.97 Å². The highest BCUT2D eigenvalue weighted by atomic mass is 32.1. The van der Waals surface area contributed by atoms with E-state index >= 15 is 0 Å². The van der Waals surface area contributed by atoms with E-state index in [9.17, 15) is 4.79 Å². The van der Waals surface area contributed by atoms with E-state index in [1.165, 1.54) is 0 Å². The summed E-state index contributed by atoms with van der Waals surface area (Å²) < 4.78 is 0. The van der Waals surface area contributed by atoms with Gasteiger partial charge in [-0.25, -0.2) is 9.97 Å². The van der Waals surface area contributed by atoms with Crippen LogP contribution < -0.4 is 4.90 Å². The van der Waals surface area contributed by atoms with Gasteiger partial charge in [-0.05, 0) is 24.8 Å². The molecule has 2 unspecified atom stereocenters. The molecule has 0 aromatic carbocycles. The molecule has 18 heavy (non-hydrogen) atoms. The standard InChI is InChI=1S/C12H13N3O2S/c1-7-8(12(16)17)2-4-15(7)10-9-3-5-18-11(9)14-6-13-10/h3,5-8H,2,4H2,1H3,(H,16,17). The Morgan fingerprint density at radius 2 is 2.39 bits per heavy atom. The summed E-state index contributed by atoms with van der Waals surface area (Å²) >= 11 is 1.57. The number of rotatable bonds is 2. The van der Waals surface area contributed by atoms with Gasteiger partial charge in [0.05, 0.1) is 11.3 Å². The largest absolute Gasteiger partial charge is 0.481 e. The molecule has 0 saturated carbocycles. The number of carboxylic acids is 1. The lowest BCUT2D eigenvalue weighted by Gasteiger charge is -2.24. The summed E-state index contributed by atoms with van der Waals surface area (Å²) in [6.45, 7) is 2.69. The lowest BCUT2D eigenvalue weighted by molar-refractivity contribution is -0.141. The van der Waals surface area contributed by atoms with Crippen LogP contribution in [0.2, 0.25) is 0 Å². The minimum absolute atomic E-state index is 0.0273. The molecule has 1 aliphatic rings. The maximum atomic E-state index is 11.1. The Hall–Kier alpha value is -1.69. The maximum absolute atomic E-state index is 11.1. The third kappa shape index (κ3) is 1.64. The van der Waals surface area contributed by atoms with E-state index in [1.807, 2.05) is 18.4 Å². The van der Waals surface area contributed by atoms with Crippen molar-refractivity contribution in [1.29, 1.82) is 0 Å². The highest BCUT2D eigenvalue weighted by Gasteiger charge is 2.36. The minimum atomic E-state index is -0.722. The van der Waals surface area contributed by atoms with Gasteiger partial charge in [-0.1, -0.05) is 0 Å². The normalized spacial score (nSPS) is 23.7. The fraction of sp³-hybridized carbons (Fsp3) is 0.417. The molecule has 5 nitrogen and oxygen atoms in total. The number of hydrogen-bond acceptors (Lipinski definition) is 5. The Morgan fingerprint density at radius 3 is 3.11 bits per heavy atom. The zero-order chi connectivity index (χ0) is 12.7. The first-order chi connectivity index (χ1) is 8.68. The molecule has 2 aromatic rings. The first-order valence-electron chi connectivity index (χ1n) is 5.86. The molecule has 0 radical (unpaired) electrons. The number of carboxylic acid groups (broad SMARTS) is 1. The van der Waals surface area contributed by atoms with Crippen molar-refractivity contribution in [3.8, 4) is 0 Å². The van der Waals surface area contributed by atoms with Gasteiger partial charge >= 0.3 is 5.97 Å². The highest BCUT2D eigenvalue weighted by Crippen LogP contribution is 2.33. The van der Waals surface area contributed by atoms with E-state index in [0.717, 1.165) is 22.6 Å². The molecule has 1 fully saturated rings. The van der Waals surface area contributed by atoms with Gasteiger partial charge in [-0.15, -0.1) is 11.3 Å². The molecule has 1 aliphatic heterocycles. The second kappa shape index (κ2) is 4.20. The van der Waals surface area contributed by atoms with E-state index in [4.69, 9.17) is 5.11 Å². The minimum Gasteiger partial charge on any atom is -0.481 e. The average molecular weight is 263 g/mol. The zero-order valence-corrected chi connectivity index (χ0v) is 10.7. The Balaban J connectivity index is 2.01. The Bertz CT molecular complexity index is 598. The Kier molecular flexibility index (Phi) is 2.66. The predicted molar refractivity (Wildman–Crippen MR) is 70.0 cm³/mol. The second-order valence-electron chi connectivity index (χ2n) is 4.50. The van der Waals surface area contributed by atoms with Gasteiger partial charge in [-0.2, -0.15) is 0 Å². The fourth-order valence-electron chi connectivity index (χ4n) is 2.57. The van der Waals surface area contributed by atoms with E-state index in [0.29, 0.717) is 6.42 Å². The molecule has 0 spiro atoms. The van der Waals surface area contributed by atoms with E-state index in [2.05, 4.69) is 14.9 Å². The molecule has 94 valence electrons. The molecule has 2 atom stereocenters. The summed E-state index contributed by atoms with van der Waals surface area (Å²) in [5.41, 5.74) is 0. The Morgan fingerprint density at radius 1 is 1.56 bits per heavy atom. The first kappa shape index (κ1) is 11.4. The molecule has 1 saturated heterocycles. The molecular weight excluding hydrogens is 250 g/mol. The molecule has 0 bridgehead atoms. The molecular formula is C12H13N3O2S. The molecule has 6 heteroatoms. The number of aromatic nitrogens is 2. The van der Waals surface area contributed by atoms with Crippen molar-refractivity contribution in [2.75, 3.05) is 11.4 Å². The summed E-state index contributed by atoms with van der Waals surface area (Å²) in [6, 6.07) is 1.97. The van der Waals surface area contributed by atoms with Gasteiger partial charge in [-0.3, -0.25) is 4.79 Å². The topological polar surface area (TPSA) is 66.3 Å². The van der Waals surface area contributed by atoms with Crippen LogP contribution in [0.25, 0.3) is 10.2 Å². The first-order valence-corrected chi connectivity index (χ1v) is 6.74. The zero-order valence-electron chi connectivity index (χ0n) is 9.91. The summed E-state index contributed by atoms with van der Waals surface area (Å²) in [6.07, 6.45) is 2.22. The Labute approximate surface area is 108 Å². The predicted octanol–water partition coefficient (Wildman–Crippen LogP) is 1.99. The number of hydrogen-bond donors (Lipinski definition) is 1. The van der Waals surface area contributed by atoms with Crippen LogP contribution in [0.15, 0.2) is 17.8 Å². The average Bonchev–Trinajstić information content (AvgIpc) is 2.94. The lowest BCUT2D eigenvalue weighted by Crippen LogP contribution is -2.33. The van der Waals surface area contributed by atoms with Crippen molar-refractivity contribution in [3.05, 3.63) is 17.8 Å². The second-order valence-corrected chi connectivity index (χ2v) is 5.40. The van der Waals surface area contributed by atoms with Crippen LogP contribution in [-0.4, -0.2) is 33.6 Å². The molecule has 0 aliphatic carbocycles. The quantitative estimate of drug-likeness (QED) is 0.897. The van der Waals surface area contributed by atoms with Gasteiger partial charge < -0.3 is 10.0 Å². The van der Waals surface area contributed by atoms with Crippen molar-refractivity contribution in [1.82, 2.24) is 9.97 Å². The molecule has 0 amide bonds. The SMILES string of the molecule is CC1C(C(=O)O)CCN1c1ncnc2sccc12. The number of nitrogens with zero attached hydrogens (tertiary/aromatic N) is 3. The third-order valence-corrected chi connectivity index (χ3v) is 4.41. The van der Waals surface area contributed by atoms with Gasteiger partial charge in [0.1, 0.15) is 17.0 Å². The van der Waals surface area contributed by atoms with E-state index in [1.54, 1.807) is 17.7 Å². The molecule has 2 aromatic heterocycles. The number of anilines is 1. The summed E-state index contributed by atoms with van der Waals surface area (Å²) in [4.78, 5) is 22.7. The van der Waals surface area contributed by atoms with Gasteiger partial charge in [0.25, 0.3) is 0 Å². The van der Waals surface area contributed by atoms with Crippen LogP contribution in [0.4, 0.5) is 5.82 Å².